The van der Waals surface area contributed by atoms with E-state index in [1.54, 1.807) is 11.0 Å². The molecule has 3 aromatic rings. The molecular formula is C36H39F2N7O2. The maximum absolute atomic E-state index is 14.3. The normalized spacial score (nSPS) is 20.4. The fraction of sp³-hybridized carbons (Fsp3) is 0.333. The number of hydrogen-bond acceptors (Lipinski definition) is 7. The molecule has 1 saturated carbocycles. The van der Waals surface area contributed by atoms with Gasteiger partial charge >= 0.3 is 0 Å². The Balaban J connectivity index is 1.04. The van der Waals surface area contributed by atoms with Crippen molar-refractivity contribution in [1.29, 1.82) is 0 Å². The lowest BCUT2D eigenvalue weighted by Crippen LogP contribution is -2.46. The van der Waals surface area contributed by atoms with Gasteiger partial charge in [0.05, 0.1) is 18.3 Å². The molecule has 9 nitrogen and oxygen atoms in total. The van der Waals surface area contributed by atoms with E-state index in [0.29, 0.717) is 38.1 Å². The first-order valence-corrected chi connectivity index (χ1v) is 16.0. The summed E-state index contributed by atoms with van der Waals surface area (Å²) in [6.07, 6.45) is 8.96. The number of amides is 2. The Kier molecular flexibility index (Phi) is 9.72. The van der Waals surface area contributed by atoms with Gasteiger partial charge in [0.15, 0.2) is 0 Å². The molecular weight excluding hydrogens is 600 g/mol. The highest BCUT2D eigenvalue weighted by atomic mass is 19.1. The first-order chi connectivity index (χ1) is 22.7. The summed E-state index contributed by atoms with van der Waals surface area (Å²) in [5, 5.41) is 9.31. The summed E-state index contributed by atoms with van der Waals surface area (Å²) >= 11 is 0. The van der Waals surface area contributed by atoms with Crippen molar-refractivity contribution in [2.24, 2.45) is 4.99 Å². The molecule has 3 N–H and O–H groups in total. The monoisotopic (exact) mass is 639 g/mol. The Morgan fingerprint density at radius 3 is 2.43 bits per heavy atom. The minimum absolute atomic E-state index is 0.0501. The number of aromatic nitrogens is 1. The van der Waals surface area contributed by atoms with Crippen LogP contribution in [0.15, 0.2) is 90.0 Å². The van der Waals surface area contributed by atoms with Gasteiger partial charge in [-0.2, -0.15) is 0 Å². The molecule has 0 bridgehead atoms. The average molecular weight is 640 g/mol. The van der Waals surface area contributed by atoms with Crippen LogP contribution in [-0.4, -0.2) is 77.7 Å². The van der Waals surface area contributed by atoms with Gasteiger partial charge in [0.25, 0.3) is 5.91 Å². The van der Waals surface area contributed by atoms with E-state index in [1.165, 1.54) is 23.9 Å². The van der Waals surface area contributed by atoms with Crippen LogP contribution in [0.1, 0.15) is 41.6 Å². The maximum atomic E-state index is 14.3. The maximum Gasteiger partial charge on any atom is 0.255 e. The molecule has 3 heterocycles. The highest BCUT2D eigenvalue weighted by Crippen LogP contribution is 2.27. The Bertz CT molecular complexity index is 1710. The van der Waals surface area contributed by atoms with Crippen molar-refractivity contribution in [1.82, 2.24) is 25.4 Å². The van der Waals surface area contributed by atoms with Gasteiger partial charge in [0.2, 0.25) is 5.91 Å². The van der Waals surface area contributed by atoms with Crippen LogP contribution in [0.2, 0.25) is 0 Å². The number of hydrogen-bond donors (Lipinski definition) is 3. The molecule has 2 aromatic carbocycles. The number of nitrogens with one attached hydrogen (secondary N) is 3. The fourth-order valence-electron chi connectivity index (χ4n) is 6.08. The zero-order valence-corrected chi connectivity index (χ0v) is 26.5. The van der Waals surface area contributed by atoms with E-state index in [4.69, 9.17) is 0 Å². The second-order valence-corrected chi connectivity index (χ2v) is 12.5. The minimum atomic E-state index is -0.601. The van der Waals surface area contributed by atoms with E-state index in [-0.39, 0.29) is 35.2 Å². The molecule has 1 fully saturated rings. The lowest BCUT2D eigenvalue weighted by molar-refractivity contribution is -0.123. The van der Waals surface area contributed by atoms with Crippen molar-refractivity contribution in [3.05, 3.63) is 102 Å². The number of pyridine rings is 1. The fourth-order valence-corrected chi connectivity index (χ4v) is 6.08. The smallest absolute Gasteiger partial charge is 0.255 e. The third kappa shape index (κ3) is 8.10. The highest BCUT2D eigenvalue weighted by molar-refractivity contribution is 6.00. The van der Waals surface area contributed by atoms with Crippen molar-refractivity contribution in [3.8, 4) is 11.1 Å². The molecule has 1 aromatic heterocycles. The third-order valence-corrected chi connectivity index (χ3v) is 8.69. The molecule has 0 saturated heterocycles. The van der Waals surface area contributed by atoms with E-state index in [0.717, 1.165) is 36.0 Å². The van der Waals surface area contributed by atoms with Gasteiger partial charge in [0, 0.05) is 30.5 Å². The van der Waals surface area contributed by atoms with Crippen LogP contribution in [0.25, 0.3) is 11.1 Å². The van der Waals surface area contributed by atoms with Crippen LogP contribution >= 0.6 is 0 Å². The zero-order valence-electron chi connectivity index (χ0n) is 26.5. The summed E-state index contributed by atoms with van der Waals surface area (Å²) in [6.45, 7) is 1.29. The Hall–Kier alpha value is -4.90. The van der Waals surface area contributed by atoms with E-state index < -0.39 is 17.8 Å². The summed E-state index contributed by atoms with van der Waals surface area (Å²) in [6, 6.07) is 16.7. The molecule has 244 valence electrons. The lowest BCUT2D eigenvalue weighted by Gasteiger charge is -2.30. The number of halogens is 2. The van der Waals surface area contributed by atoms with Gasteiger partial charge in [-0.05, 0) is 93.2 Å². The number of carbonyl (C=O) groups is 2. The number of anilines is 2. The number of rotatable bonds is 10. The standard InChI is InChI=1S/C36H39F2N7O2/c1-44(2)17-16-23-6-8-24(9-7-23)25-4-3-5-30(18-25)40-34-31(19-27(38)20-39-34)35(46)41-28-11-13-29(14-12-28)42-36(47)32-22-45-21-26(37)10-15-33(45)43-32/h3-10,15,18-21,28-29,32H,11-14,16-17,22H2,1-2H3,(H,39,40)(H,41,46)(H,42,47). The molecule has 1 unspecified atom stereocenters. The number of fused-ring (bicyclic) bond motifs is 1. The largest absolute Gasteiger partial charge is 0.351 e. The summed E-state index contributed by atoms with van der Waals surface area (Å²) in [5.41, 5.74) is 4.18. The molecule has 11 heteroatoms. The quantitative estimate of drug-likeness (QED) is 0.276. The van der Waals surface area contributed by atoms with Crippen LogP contribution < -0.4 is 16.0 Å². The molecule has 47 heavy (non-hydrogen) atoms. The number of aliphatic imine (C=N–C) groups is 1. The SMILES string of the molecule is CN(C)CCc1ccc(-c2cccc(Nc3ncc(F)cc3C(=O)NC3CCC(NC(=O)C4CN5C=C(F)C=CC5=N4)CC3)c2)cc1. The highest BCUT2D eigenvalue weighted by Gasteiger charge is 2.32. The van der Waals surface area contributed by atoms with Gasteiger partial charge < -0.3 is 25.8 Å². The molecule has 1 aliphatic carbocycles. The van der Waals surface area contributed by atoms with Crippen molar-refractivity contribution in [2.45, 2.75) is 50.2 Å². The van der Waals surface area contributed by atoms with Gasteiger partial charge in [-0.3, -0.25) is 14.6 Å². The van der Waals surface area contributed by atoms with Gasteiger partial charge in [-0.15, -0.1) is 0 Å². The molecule has 2 aliphatic heterocycles. The van der Waals surface area contributed by atoms with Gasteiger partial charge in [0.1, 0.15) is 29.3 Å². The minimum Gasteiger partial charge on any atom is -0.351 e. The number of likely N-dealkylation sites (N-methyl/N-ethyl adjacent to an activating group) is 1. The lowest BCUT2D eigenvalue weighted by atomic mass is 9.90. The summed E-state index contributed by atoms with van der Waals surface area (Å²) in [7, 11) is 4.12. The predicted octanol–water partition coefficient (Wildman–Crippen LogP) is 5.36. The van der Waals surface area contributed by atoms with Gasteiger partial charge in [-0.25, -0.2) is 13.8 Å². The Morgan fingerprint density at radius 2 is 1.68 bits per heavy atom. The second-order valence-electron chi connectivity index (χ2n) is 12.5. The van der Waals surface area contributed by atoms with Crippen LogP contribution in [0.5, 0.6) is 0 Å². The van der Waals surface area contributed by atoms with Crippen LogP contribution in [0.3, 0.4) is 0 Å². The molecule has 0 radical (unpaired) electrons. The number of allylic oxidation sites excluding steroid dienone is 2. The van der Waals surface area contributed by atoms with Crippen LogP contribution in [-0.2, 0) is 11.2 Å². The molecule has 1 atom stereocenters. The number of amidine groups is 1. The van der Waals surface area contributed by atoms with E-state index in [2.05, 4.69) is 69.2 Å². The van der Waals surface area contributed by atoms with Crippen molar-refractivity contribution in [2.75, 3.05) is 32.5 Å². The van der Waals surface area contributed by atoms with Crippen molar-refractivity contribution < 1.29 is 18.4 Å². The topological polar surface area (TPSA) is 102 Å². The number of carbonyl (C=O) groups excluding carboxylic acids is 2. The molecule has 0 spiro atoms. The summed E-state index contributed by atoms with van der Waals surface area (Å²) < 4.78 is 27.8. The second kappa shape index (κ2) is 14.3. The van der Waals surface area contributed by atoms with Crippen molar-refractivity contribution >= 4 is 29.2 Å². The number of nitrogens with zero attached hydrogens (tertiary/aromatic N) is 4. The Morgan fingerprint density at radius 1 is 0.936 bits per heavy atom. The first kappa shape index (κ1) is 32.1. The summed E-state index contributed by atoms with van der Waals surface area (Å²) in [4.78, 5) is 38.7. The molecule has 2 amide bonds. The zero-order chi connectivity index (χ0) is 32.9. The molecule has 3 aliphatic rings. The average Bonchev–Trinajstić information content (AvgIpc) is 3.49. The predicted molar refractivity (Wildman–Crippen MR) is 180 cm³/mol. The summed E-state index contributed by atoms with van der Waals surface area (Å²) in [5.74, 6) is -0.736. The van der Waals surface area contributed by atoms with Crippen LogP contribution in [0.4, 0.5) is 20.3 Å². The Labute approximate surface area is 273 Å². The van der Waals surface area contributed by atoms with E-state index in [9.17, 15) is 18.4 Å². The van der Waals surface area contributed by atoms with Crippen LogP contribution in [0, 0.1) is 5.82 Å². The third-order valence-electron chi connectivity index (χ3n) is 8.69. The van der Waals surface area contributed by atoms with Gasteiger partial charge in [-0.1, -0.05) is 36.4 Å². The first-order valence-electron chi connectivity index (χ1n) is 16.0. The van der Waals surface area contributed by atoms with E-state index >= 15 is 0 Å². The molecule has 6 rings (SSSR count). The number of benzene rings is 2. The van der Waals surface area contributed by atoms with E-state index in [1.807, 2.05) is 24.3 Å². The van der Waals surface area contributed by atoms with Crippen molar-refractivity contribution in [3.63, 3.8) is 0 Å².